The van der Waals surface area contributed by atoms with Crippen molar-refractivity contribution in [3.05, 3.63) is 44.9 Å². The maximum absolute atomic E-state index is 11.9. The molecule has 0 aromatic carbocycles. The molecule has 6 heteroatoms. The van der Waals surface area contributed by atoms with Crippen LogP contribution in [0, 0.1) is 4.77 Å². The van der Waals surface area contributed by atoms with Gasteiger partial charge in [-0.15, -0.1) is 11.3 Å². The van der Waals surface area contributed by atoms with Crippen molar-refractivity contribution in [3.63, 3.8) is 0 Å². The van der Waals surface area contributed by atoms with Crippen LogP contribution >= 0.6 is 23.6 Å². The molecule has 0 saturated heterocycles. The number of hydrogen-bond acceptors (Lipinski definition) is 4. The van der Waals surface area contributed by atoms with Gasteiger partial charge in [-0.3, -0.25) is 9.78 Å². The van der Waals surface area contributed by atoms with Crippen molar-refractivity contribution in [2.75, 3.05) is 0 Å². The Labute approximate surface area is 105 Å². The van der Waals surface area contributed by atoms with Gasteiger partial charge in [0.25, 0.3) is 5.56 Å². The molecule has 3 aromatic heterocycles. The predicted octanol–water partition coefficient (Wildman–Crippen LogP) is 2.71. The van der Waals surface area contributed by atoms with Crippen molar-refractivity contribution in [2.45, 2.75) is 0 Å². The van der Waals surface area contributed by atoms with Gasteiger partial charge in [-0.25, -0.2) is 4.98 Å². The van der Waals surface area contributed by atoms with Gasteiger partial charge in [0.2, 0.25) is 0 Å². The summed E-state index contributed by atoms with van der Waals surface area (Å²) in [6, 6.07) is 5.76. The summed E-state index contributed by atoms with van der Waals surface area (Å²) in [5.74, 6) is 0. The summed E-state index contributed by atoms with van der Waals surface area (Å²) >= 11 is 6.51. The molecule has 84 valence electrons. The number of pyridine rings is 1. The lowest BCUT2D eigenvalue weighted by Crippen LogP contribution is -2.09. The molecular formula is C11H7N3OS2. The number of H-pyrrole nitrogens is 2. The van der Waals surface area contributed by atoms with Crippen molar-refractivity contribution < 1.29 is 0 Å². The van der Waals surface area contributed by atoms with E-state index in [0.29, 0.717) is 15.8 Å². The number of fused-ring (bicyclic) bond motifs is 1. The molecule has 0 aliphatic rings. The molecular weight excluding hydrogens is 254 g/mol. The fraction of sp³-hybridized carbons (Fsp3) is 0. The van der Waals surface area contributed by atoms with Crippen LogP contribution in [0.3, 0.4) is 0 Å². The number of nitrogens with zero attached hydrogens (tertiary/aromatic N) is 1. The van der Waals surface area contributed by atoms with Crippen molar-refractivity contribution in [1.82, 2.24) is 15.0 Å². The Morgan fingerprint density at radius 3 is 2.94 bits per heavy atom. The molecule has 0 bridgehead atoms. The number of rotatable bonds is 1. The van der Waals surface area contributed by atoms with Crippen LogP contribution in [0.1, 0.15) is 0 Å². The lowest BCUT2D eigenvalue weighted by atomic mass is 10.1. The second-order valence-electron chi connectivity index (χ2n) is 3.47. The molecule has 17 heavy (non-hydrogen) atoms. The Morgan fingerprint density at radius 2 is 2.18 bits per heavy atom. The molecule has 2 N–H and O–H groups in total. The zero-order valence-electron chi connectivity index (χ0n) is 8.56. The molecule has 4 nitrogen and oxygen atoms in total. The molecule has 0 saturated carbocycles. The summed E-state index contributed by atoms with van der Waals surface area (Å²) < 4.78 is 0.290. The zero-order valence-corrected chi connectivity index (χ0v) is 10.2. The van der Waals surface area contributed by atoms with Gasteiger partial charge >= 0.3 is 0 Å². The van der Waals surface area contributed by atoms with E-state index in [1.54, 1.807) is 17.5 Å². The Morgan fingerprint density at radius 1 is 1.29 bits per heavy atom. The predicted molar refractivity (Wildman–Crippen MR) is 70.9 cm³/mol. The highest BCUT2D eigenvalue weighted by Gasteiger charge is 2.09. The second-order valence-corrected chi connectivity index (χ2v) is 4.82. The number of nitrogens with one attached hydrogen (secondary N) is 2. The fourth-order valence-electron chi connectivity index (χ4n) is 1.73. The van der Waals surface area contributed by atoms with Crippen molar-refractivity contribution in [3.8, 4) is 10.4 Å². The zero-order chi connectivity index (χ0) is 11.8. The maximum Gasteiger partial charge on any atom is 0.261 e. The van der Waals surface area contributed by atoms with E-state index in [2.05, 4.69) is 15.0 Å². The molecule has 0 atom stereocenters. The Hall–Kier alpha value is -1.79. The van der Waals surface area contributed by atoms with Gasteiger partial charge in [0, 0.05) is 16.6 Å². The van der Waals surface area contributed by atoms with E-state index < -0.39 is 0 Å². The summed E-state index contributed by atoms with van der Waals surface area (Å²) in [6.07, 6.45) is 1.67. The highest BCUT2D eigenvalue weighted by Crippen LogP contribution is 2.27. The topological polar surface area (TPSA) is 61.5 Å². The van der Waals surface area contributed by atoms with Crippen molar-refractivity contribution in [1.29, 1.82) is 0 Å². The summed E-state index contributed by atoms with van der Waals surface area (Å²) in [5, 5.41) is 2.52. The third kappa shape index (κ3) is 1.71. The minimum Gasteiger partial charge on any atom is -0.316 e. The van der Waals surface area contributed by atoms with E-state index in [-0.39, 0.29) is 5.56 Å². The number of hydrogen-bond donors (Lipinski definition) is 2. The third-order valence-electron chi connectivity index (χ3n) is 2.42. The molecule has 3 rings (SSSR count). The summed E-state index contributed by atoms with van der Waals surface area (Å²) in [7, 11) is 0. The monoisotopic (exact) mass is 261 g/mol. The minimum absolute atomic E-state index is 0.208. The average molecular weight is 261 g/mol. The first-order chi connectivity index (χ1) is 8.25. The Kier molecular flexibility index (Phi) is 2.38. The highest BCUT2D eigenvalue weighted by molar-refractivity contribution is 7.71. The quantitative estimate of drug-likeness (QED) is 0.662. The highest BCUT2D eigenvalue weighted by atomic mass is 32.1. The smallest absolute Gasteiger partial charge is 0.261 e. The van der Waals surface area contributed by atoms with Crippen LogP contribution in [0.4, 0.5) is 0 Å². The van der Waals surface area contributed by atoms with Crippen LogP contribution in [-0.2, 0) is 0 Å². The van der Waals surface area contributed by atoms with Crippen molar-refractivity contribution >= 4 is 34.6 Å². The van der Waals surface area contributed by atoms with Crippen LogP contribution in [0.5, 0.6) is 0 Å². The van der Waals surface area contributed by atoms with E-state index in [1.165, 1.54) is 0 Å². The molecule has 0 radical (unpaired) electrons. The second kappa shape index (κ2) is 3.90. The molecule has 0 amide bonds. The number of aromatic nitrogens is 3. The molecule has 0 aliphatic carbocycles. The summed E-state index contributed by atoms with van der Waals surface area (Å²) in [6.45, 7) is 0. The molecule has 0 unspecified atom stereocenters. The van der Waals surface area contributed by atoms with E-state index >= 15 is 0 Å². The Bertz CT molecular complexity index is 786. The van der Waals surface area contributed by atoms with Crippen LogP contribution in [0.2, 0.25) is 0 Å². The molecule has 0 spiro atoms. The van der Waals surface area contributed by atoms with Gasteiger partial charge in [-0.1, -0.05) is 6.07 Å². The first-order valence-corrected chi connectivity index (χ1v) is 6.20. The van der Waals surface area contributed by atoms with E-state index in [1.807, 2.05) is 23.6 Å². The standard InChI is InChI=1S/C11H7N3OS2/c15-10-8-6(7-2-1-5-17-7)3-4-12-9(8)13-11(16)14-10/h1-5H,(H2,12,13,14,15,16). The van der Waals surface area contributed by atoms with Gasteiger partial charge < -0.3 is 4.98 Å². The summed E-state index contributed by atoms with van der Waals surface area (Å²) in [5.41, 5.74) is 1.18. The lowest BCUT2D eigenvalue weighted by molar-refractivity contribution is 1.11. The van der Waals surface area contributed by atoms with E-state index in [9.17, 15) is 4.79 Å². The van der Waals surface area contributed by atoms with E-state index in [0.717, 1.165) is 10.4 Å². The van der Waals surface area contributed by atoms with Crippen molar-refractivity contribution in [2.24, 2.45) is 0 Å². The normalized spacial score (nSPS) is 10.8. The van der Waals surface area contributed by atoms with Crippen LogP contribution in [-0.4, -0.2) is 15.0 Å². The van der Waals surface area contributed by atoms with Gasteiger partial charge in [-0.2, -0.15) is 0 Å². The fourth-order valence-corrected chi connectivity index (χ4v) is 2.68. The van der Waals surface area contributed by atoms with Crippen LogP contribution in [0.25, 0.3) is 21.5 Å². The van der Waals surface area contributed by atoms with Gasteiger partial charge in [0.05, 0.1) is 5.39 Å². The number of aromatic amines is 2. The van der Waals surface area contributed by atoms with Gasteiger partial charge in [0.15, 0.2) is 4.77 Å². The average Bonchev–Trinajstić information content (AvgIpc) is 2.80. The lowest BCUT2D eigenvalue weighted by Gasteiger charge is -2.02. The minimum atomic E-state index is -0.208. The SMILES string of the molecule is O=c1[nH]c(=S)[nH]c2nccc(-c3cccs3)c12. The maximum atomic E-state index is 11.9. The molecule has 0 fully saturated rings. The molecule has 3 heterocycles. The third-order valence-corrected chi connectivity index (χ3v) is 3.53. The Balaban J connectivity index is 2.49. The van der Waals surface area contributed by atoms with Gasteiger partial charge in [0.1, 0.15) is 5.65 Å². The number of thiophene rings is 1. The first-order valence-electron chi connectivity index (χ1n) is 4.91. The first kappa shape index (κ1) is 10.4. The molecule has 3 aromatic rings. The van der Waals surface area contributed by atoms with Crippen LogP contribution in [0.15, 0.2) is 34.6 Å². The molecule has 0 aliphatic heterocycles. The summed E-state index contributed by atoms with van der Waals surface area (Å²) in [4.78, 5) is 22.6. The van der Waals surface area contributed by atoms with Crippen LogP contribution < -0.4 is 5.56 Å². The van der Waals surface area contributed by atoms with E-state index in [4.69, 9.17) is 12.2 Å². The largest absolute Gasteiger partial charge is 0.316 e. The van der Waals surface area contributed by atoms with Gasteiger partial charge in [-0.05, 0) is 29.7 Å².